The first-order valence-electron chi connectivity index (χ1n) is 5.08. The molecule has 0 spiro atoms. The van der Waals surface area contributed by atoms with Crippen molar-refractivity contribution in [1.82, 2.24) is 0 Å². The van der Waals surface area contributed by atoms with E-state index < -0.39 is 0 Å². The lowest BCUT2D eigenvalue weighted by Gasteiger charge is -2.06. The number of hydrogen-bond acceptors (Lipinski definition) is 1. The maximum absolute atomic E-state index is 6.62. The normalized spacial score (nSPS) is 29.0. The summed E-state index contributed by atoms with van der Waals surface area (Å²) in [7, 11) is 0. The lowest BCUT2D eigenvalue weighted by molar-refractivity contribution is 0.967. The van der Waals surface area contributed by atoms with Gasteiger partial charge >= 0.3 is 0 Å². The summed E-state index contributed by atoms with van der Waals surface area (Å²) >= 11 is 8.38. The van der Waals surface area contributed by atoms with E-state index in [0.717, 1.165) is 6.42 Å². The van der Waals surface area contributed by atoms with Gasteiger partial charge in [-0.2, -0.15) is 0 Å². The van der Waals surface area contributed by atoms with Gasteiger partial charge in [0, 0.05) is 10.8 Å². The van der Waals surface area contributed by atoms with Gasteiger partial charge < -0.3 is 0 Å². The minimum absolute atomic E-state index is 0.116. The van der Waals surface area contributed by atoms with Crippen LogP contribution >= 0.6 is 22.9 Å². The fourth-order valence-corrected chi connectivity index (χ4v) is 3.45. The Balaban J connectivity index is 1.90. The number of hydrogen-bond donors (Lipinski definition) is 0. The van der Waals surface area contributed by atoms with E-state index in [1.54, 1.807) is 11.3 Å². The molecule has 3 rings (SSSR count). The molecule has 76 valence electrons. The molecule has 1 aliphatic carbocycles. The van der Waals surface area contributed by atoms with Crippen molar-refractivity contribution in [2.75, 3.05) is 0 Å². The highest BCUT2D eigenvalue weighted by atomic mass is 35.5. The van der Waals surface area contributed by atoms with Gasteiger partial charge in [-0.25, -0.2) is 0 Å². The maximum Gasteiger partial charge on any atom is 0.0862 e. The van der Waals surface area contributed by atoms with Gasteiger partial charge in [0.25, 0.3) is 0 Å². The van der Waals surface area contributed by atoms with E-state index in [9.17, 15) is 0 Å². The molecule has 2 atom stereocenters. The lowest BCUT2D eigenvalue weighted by atomic mass is 10.1. The third-order valence-corrected chi connectivity index (χ3v) is 4.81. The van der Waals surface area contributed by atoms with Crippen LogP contribution in [0.2, 0.25) is 0 Å². The summed E-state index contributed by atoms with van der Waals surface area (Å²) < 4.78 is 0. The number of thiophene rings is 1. The molecule has 1 aliphatic rings. The molecule has 2 unspecified atom stereocenters. The van der Waals surface area contributed by atoms with Crippen molar-refractivity contribution in [3.8, 4) is 0 Å². The zero-order valence-electron chi connectivity index (χ0n) is 8.19. The molecule has 1 saturated carbocycles. The van der Waals surface area contributed by atoms with Crippen molar-refractivity contribution in [2.45, 2.75) is 17.2 Å². The van der Waals surface area contributed by atoms with E-state index in [0.29, 0.717) is 5.92 Å². The number of halogens is 1. The molecule has 0 radical (unpaired) electrons. The predicted molar refractivity (Wildman–Crippen MR) is 65.7 cm³/mol. The largest absolute Gasteiger partial charge is 0.147 e. The highest BCUT2D eigenvalue weighted by Crippen LogP contribution is 2.64. The van der Waals surface area contributed by atoms with Crippen LogP contribution in [0.25, 0.3) is 0 Å². The van der Waals surface area contributed by atoms with Crippen molar-refractivity contribution in [1.29, 1.82) is 0 Å². The SMILES string of the molecule is ClC1(c2cccs2)CC1c1ccccc1. The molecule has 1 aromatic heterocycles. The minimum Gasteiger partial charge on any atom is -0.147 e. The summed E-state index contributed by atoms with van der Waals surface area (Å²) in [4.78, 5) is 1.19. The van der Waals surface area contributed by atoms with Crippen LogP contribution < -0.4 is 0 Å². The standard InChI is InChI=1S/C13H11ClS/c14-13(12-7-4-8-15-12)9-11(13)10-5-2-1-3-6-10/h1-8,11H,9H2. The van der Waals surface area contributed by atoms with Crippen LogP contribution in [0.1, 0.15) is 22.8 Å². The summed E-state index contributed by atoms with van der Waals surface area (Å²) in [6.07, 6.45) is 1.07. The zero-order valence-corrected chi connectivity index (χ0v) is 9.76. The summed E-state index contributed by atoms with van der Waals surface area (Å²) in [5.41, 5.74) is 1.36. The molecule has 0 saturated heterocycles. The van der Waals surface area contributed by atoms with Crippen LogP contribution in [0.5, 0.6) is 0 Å². The second kappa shape index (κ2) is 3.36. The lowest BCUT2D eigenvalue weighted by Crippen LogP contribution is -1.96. The fraction of sp³-hybridized carbons (Fsp3) is 0.231. The van der Waals surface area contributed by atoms with Gasteiger partial charge in [-0.15, -0.1) is 22.9 Å². The highest BCUT2D eigenvalue weighted by Gasteiger charge is 2.55. The Labute approximate surface area is 98.5 Å². The van der Waals surface area contributed by atoms with Crippen LogP contribution in [0.15, 0.2) is 47.8 Å². The highest BCUT2D eigenvalue weighted by molar-refractivity contribution is 7.10. The van der Waals surface area contributed by atoms with Crippen molar-refractivity contribution < 1.29 is 0 Å². The second-order valence-corrected chi connectivity index (χ2v) is 5.63. The summed E-state index contributed by atoms with van der Waals surface area (Å²) in [6.45, 7) is 0. The Morgan fingerprint density at radius 2 is 1.93 bits per heavy atom. The quantitative estimate of drug-likeness (QED) is 0.677. The first-order chi connectivity index (χ1) is 7.31. The molecule has 0 bridgehead atoms. The molecule has 15 heavy (non-hydrogen) atoms. The molecule has 0 amide bonds. The van der Waals surface area contributed by atoms with E-state index in [1.165, 1.54) is 10.4 Å². The van der Waals surface area contributed by atoms with Crippen molar-refractivity contribution in [3.05, 3.63) is 58.3 Å². The molecule has 1 heterocycles. The van der Waals surface area contributed by atoms with Crippen molar-refractivity contribution in [3.63, 3.8) is 0 Å². The Bertz CT molecular complexity index is 449. The average Bonchev–Trinajstić information content (AvgIpc) is 2.76. The molecule has 1 fully saturated rings. The fourth-order valence-electron chi connectivity index (χ4n) is 2.09. The molecule has 0 aliphatic heterocycles. The summed E-state index contributed by atoms with van der Waals surface area (Å²) in [6, 6.07) is 14.8. The first-order valence-corrected chi connectivity index (χ1v) is 6.34. The average molecular weight is 235 g/mol. The van der Waals surface area contributed by atoms with Crippen molar-refractivity contribution in [2.24, 2.45) is 0 Å². The molecule has 1 aromatic carbocycles. The van der Waals surface area contributed by atoms with Gasteiger partial charge in [0.05, 0.1) is 4.87 Å². The van der Waals surface area contributed by atoms with Gasteiger partial charge in [-0.05, 0) is 23.4 Å². The maximum atomic E-state index is 6.62. The Morgan fingerprint density at radius 1 is 1.13 bits per heavy atom. The molecule has 0 nitrogen and oxygen atoms in total. The van der Waals surface area contributed by atoms with Crippen LogP contribution in [-0.4, -0.2) is 0 Å². The van der Waals surface area contributed by atoms with Crippen LogP contribution in [0.4, 0.5) is 0 Å². The topological polar surface area (TPSA) is 0 Å². The van der Waals surface area contributed by atoms with Gasteiger partial charge in [-0.1, -0.05) is 36.4 Å². The molecular weight excluding hydrogens is 224 g/mol. The minimum atomic E-state index is -0.116. The Morgan fingerprint density at radius 3 is 2.60 bits per heavy atom. The van der Waals surface area contributed by atoms with E-state index in [-0.39, 0.29) is 4.87 Å². The van der Waals surface area contributed by atoms with E-state index >= 15 is 0 Å². The van der Waals surface area contributed by atoms with Crippen LogP contribution in [-0.2, 0) is 4.87 Å². The van der Waals surface area contributed by atoms with E-state index in [4.69, 9.17) is 11.6 Å². The van der Waals surface area contributed by atoms with Gasteiger partial charge in [0.15, 0.2) is 0 Å². The molecule has 2 heteroatoms. The second-order valence-electron chi connectivity index (χ2n) is 4.01. The van der Waals surface area contributed by atoms with Crippen molar-refractivity contribution >= 4 is 22.9 Å². The van der Waals surface area contributed by atoms with E-state index in [1.807, 2.05) is 6.07 Å². The van der Waals surface area contributed by atoms with Gasteiger partial charge in [0.2, 0.25) is 0 Å². The Hall–Kier alpha value is -0.790. The molecular formula is C13H11ClS. The predicted octanol–water partition coefficient (Wildman–Crippen LogP) is 4.37. The summed E-state index contributed by atoms with van der Waals surface area (Å²) in [5.74, 6) is 0.499. The number of alkyl halides is 1. The first kappa shape index (κ1) is 9.44. The number of rotatable bonds is 2. The third kappa shape index (κ3) is 1.51. The number of benzene rings is 1. The monoisotopic (exact) mass is 234 g/mol. The molecule has 2 aromatic rings. The molecule has 0 N–H and O–H groups in total. The smallest absolute Gasteiger partial charge is 0.0862 e. The summed E-state index contributed by atoms with van der Waals surface area (Å²) in [5, 5.41) is 2.10. The van der Waals surface area contributed by atoms with Crippen LogP contribution in [0, 0.1) is 0 Å². The van der Waals surface area contributed by atoms with E-state index in [2.05, 4.69) is 41.8 Å². The zero-order chi connectivity index (χ0) is 10.3. The Kier molecular flexibility index (Phi) is 2.11. The third-order valence-electron chi connectivity index (χ3n) is 3.03. The van der Waals surface area contributed by atoms with Crippen LogP contribution in [0.3, 0.4) is 0 Å². The van der Waals surface area contributed by atoms with Gasteiger partial charge in [-0.3, -0.25) is 0 Å². The van der Waals surface area contributed by atoms with Gasteiger partial charge in [0.1, 0.15) is 0 Å².